The summed E-state index contributed by atoms with van der Waals surface area (Å²) in [6, 6.07) is 17.9. The molecule has 0 spiro atoms. The number of carbonyl (C=O) groups is 1. The minimum Gasteiger partial charge on any atom is -0.294 e. The topological polar surface area (TPSA) is 17.1 Å². The first-order valence-corrected chi connectivity index (χ1v) is 8.78. The van der Waals surface area contributed by atoms with Crippen LogP contribution in [-0.4, -0.2) is 11.5 Å². The van der Waals surface area contributed by atoms with E-state index in [1.807, 2.05) is 42.5 Å². The Kier molecular flexibility index (Phi) is 4.70. The highest BCUT2D eigenvalue weighted by Crippen LogP contribution is 2.47. The molecule has 22 heavy (non-hydrogen) atoms. The lowest BCUT2D eigenvalue weighted by molar-refractivity contribution is -0.113. The van der Waals surface area contributed by atoms with Gasteiger partial charge in [-0.25, -0.2) is 0 Å². The maximum absolute atomic E-state index is 12.6. The first-order chi connectivity index (χ1) is 10.7. The molecule has 0 aliphatic heterocycles. The summed E-state index contributed by atoms with van der Waals surface area (Å²) in [5.74, 6) is 1.37. The first kappa shape index (κ1) is 15.4. The zero-order valence-corrected chi connectivity index (χ0v) is 14.0. The molecule has 0 aromatic heterocycles. The molecule has 1 aliphatic carbocycles. The fourth-order valence-corrected chi connectivity index (χ4v) is 4.13. The SMILES string of the molecule is CCSC1=C(c2ccc(Cl)cc2)C(=O)CC1c1ccccc1. The molecule has 0 saturated carbocycles. The normalized spacial score (nSPS) is 18.1. The van der Waals surface area contributed by atoms with Crippen molar-refractivity contribution in [1.82, 2.24) is 0 Å². The molecule has 2 aromatic carbocycles. The van der Waals surface area contributed by atoms with Crippen molar-refractivity contribution in [3.8, 4) is 0 Å². The van der Waals surface area contributed by atoms with Crippen LogP contribution in [0, 0.1) is 0 Å². The number of ketones is 1. The standard InChI is InChI=1S/C19H17ClOS/c1-2-22-19-16(13-6-4-3-5-7-13)12-17(21)18(19)14-8-10-15(20)11-9-14/h3-11,16H,2,12H2,1H3. The third kappa shape index (κ3) is 2.99. The lowest BCUT2D eigenvalue weighted by atomic mass is 9.98. The Morgan fingerprint density at radius 3 is 2.41 bits per heavy atom. The molecule has 1 aliphatic rings. The van der Waals surface area contributed by atoms with Crippen LogP contribution in [0.2, 0.25) is 5.02 Å². The second kappa shape index (κ2) is 6.72. The number of allylic oxidation sites excluding steroid dienone is 2. The molecule has 2 aromatic rings. The van der Waals surface area contributed by atoms with Gasteiger partial charge in [0.05, 0.1) is 0 Å². The van der Waals surface area contributed by atoms with Crippen LogP contribution in [0.1, 0.15) is 30.4 Å². The Hall–Kier alpha value is -1.51. The predicted octanol–water partition coefficient (Wildman–Crippen LogP) is 5.56. The molecule has 0 radical (unpaired) electrons. The van der Waals surface area contributed by atoms with Gasteiger partial charge in [0.25, 0.3) is 0 Å². The van der Waals surface area contributed by atoms with Crippen molar-refractivity contribution in [2.45, 2.75) is 19.3 Å². The number of hydrogen-bond donors (Lipinski definition) is 0. The van der Waals surface area contributed by atoms with Gasteiger partial charge in [-0.05, 0) is 29.0 Å². The van der Waals surface area contributed by atoms with Gasteiger partial charge in [0.2, 0.25) is 0 Å². The molecule has 1 unspecified atom stereocenters. The van der Waals surface area contributed by atoms with E-state index in [1.54, 1.807) is 11.8 Å². The van der Waals surface area contributed by atoms with Crippen LogP contribution >= 0.6 is 23.4 Å². The third-order valence-electron chi connectivity index (χ3n) is 3.87. The largest absolute Gasteiger partial charge is 0.294 e. The van der Waals surface area contributed by atoms with Crippen LogP contribution in [0.3, 0.4) is 0 Å². The molecule has 3 rings (SSSR count). The van der Waals surface area contributed by atoms with E-state index in [0.717, 1.165) is 16.9 Å². The van der Waals surface area contributed by atoms with Gasteiger partial charge in [-0.2, -0.15) is 0 Å². The molecule has 1 nitrogen and oxygen atoms in total. The Bertz CT molecular complexity index is 704. The summed E-state index contributed by atoms with van der Waals surface area (Å²) < 4.78 is 0. The number of thioether (sulfide) groups is 1. The zero-order valence-electron chi connectivity index (χ0n) is 12.4. The van der Waals surface area contributed by atoms with Crippen molar-refractivity contribution in [3.05, 3.63) is 75.7 Å². The Balaban J connectivity index is 2.08. The van der Waals surface area contributed by atoms with Crippen molar-refractivity contribution < 1.29 is 4.79 Å². The molecule has 0 N–H and O–H groups in total. The summed E-state index contributed by atoms with van der Waals surface area (Å²) >= 11 is 7.75. The smallest absolute Gasteiger partial charge is 0.165 e. The molecule has 0 fully saturated rings. The molecule has 0 bridgehead atoms. The number of rotatable bonds is 4. The summed E-state index contributed by atoms with van der Waals surface area (Å²) in [6.07, 6.45) is 0.560. The highest BCUT2D eigenvalue weighted by Gasteiger charge is 2.33. The Labute approximate surface area is 140 Å². The van der Waals surface area contributed by atoms with E-state index < -0.39 is 0 Å². The molecule has 0 amide bonds. The maximum Gasteiger partial charge on any atom is 0.165 e. The molecule has 3 heteroatoms. The highest BCUT2D eigenvalue weighted by molar-refractivity contribution is 8.03. The Morgan fingerprint density at radius 2 is 1.77 bits per heavy atom. The Morgan fingerprint density at radius 1 is 1.09 bits per heavy atom. The first-order valence-electron chi connectivity index (χ1n) is 7.41. The van der Waals surface area contributed by atoms with E-state index in [2.05, 4.69) is 19.1 Å². The van der Waals surface area contributed by atoms with Crippen LogP contribution < -0.4 is 0 Å². The van der Waals surface area contributed by atoms with E-state index in [4.69, 9.17) is 11.6 Å². The monoisotopic (exact) mass is 328 g/mol. The zero-order chi connectivity index (χ0) is 15.5. The molecule has 112 valence electrons. The van der Waals surface area contributed by atoms with Gasteiger partial charge >= 0.3 is 0 Å². The van der Waals surface area contributed by atoms with E-state index in [9.17, 15) is 4.79 Å². The fraction of sp³-hybridized carbons (Fsp3) is 0.211. The summed E-state index contributed by atoms with van der Waals surface area (Å²) in [6.45, 7) is 2.13. The van der Waals surface area contributed by atoms with Crippen LogP contribution in [0.25, 0.3) is 5.57 Å². The number of hydrogen-bond acceptors (Lipinski definition) is 2. The molecular weight excluding hydrogens is 312 g/mol. The molecule has 0 heterocycles. The minimum absolute atomic E-state index is 0.185. The summed E-state index contributed by atoms with van der Waals surface area (Å²) in [7, 11) is 0. The minimum atomic E-state index is 0.185. The summed E-state index contributed by atoms with van der Waals surface area (Å²) in [5.41, 5.74) is 3.07. The van der Waals surface area contributed by atoms with Crippen LogP contribution in [-0.2, 0) is 4.79 Å². The van der Waals surface area contributed by atoms with Crippen molar-refractivity contribution in [2.75, 3.05) is 5.75 Å². The molecule has 0 saturated heterocycles. The van der Waals surface area contributed by atoms with Crippen LogP contribution in [0.5, 0.6) is 0 Å². The number of benzene rings is 2. The van der Waals surface area contributed by atoms with Gasteiger partial charge in [0, 0.05) is 27.8 Å². The predicted molar refractivity (Wildman–Crippen MR) is 95.3 cm³/mol. The van der Waals surface area contributed by atoms with Crippen LogP contribution in [0.15, 0.2) is 59.5 Å². The van der Waals surface area contributed by atoms with Gasteiger partial charge in [0.1, 0.15) is 0 Å². The summed E-state index contributed by atoms with van der Waals surface area (Å²) in [5, 5.41) is 0.694. The lowest BCUT2D eigenvalue weighted by Gasteiger charge is -2.14. The van der Waals surface area contributed by atoms with E-state index in [0.29, 0.717) is 11.4 Å². The van der Waals surface area contributed by atoms with Gasteiger partial charge in [0.15, 0.2) is 5.78 Å². The van der Waals surface area contributed by atoms with E-state index in [1.165, 1.54) is 10.5 Å². The second-order valence-electron chi connectivity index (χ2n) is 5.27. The van der Waals surface area contributed by atoms with Gasteiger partial charge < -0.3 is 0 Å². The number of carbonyl (C=O) groups excluding carboxylic acids is 1. The molecule has 1 atom stereocenters. The fourth-order valence-electron chi connectivity index (χ4n) is 2.89. The number of Topliss-reactive ketones (excluding diaryl/α,β-unsaturated/α-hetero) is 1. The van der Waals surface area contributed by atoms with E-state index >= 15 is 0 Å². The average Bonchev–Trinajstić information content (AvgIpc) is 2.86. The van der Waals surface area contributed by atoms with Crippen molar-refractivity contribution in [3.63, 3.8) is 0 Å². The quantitative estimate of drug-likeness (QED) is 0.730. The lowest BCUT2D eigenvalue weighted by Crippen LogP contribution is -1.98. The second-order valence-corrected chi connectivity index (χ2v) is 7.01. The van der Waals surface area contributed by atoms with Gasteiger partial charge in [-0.15, -0.1) is 11.8 Å². The number of halogens is 1. The summed E-state index contributed by atoms with van der Waals surface area (Å²) in [4.78, 5) is 13.8. The van der Waals surface area contributed by atoms with Gasteiger partial charge in [-0.3, -0.25) is 4.79 Å². The highest BCUT2D eigenvalue weighted by atomic mass is 35.5. The third-order valence-corrected chi connectivity index (χ3v) is 5.21. The van der Waals surface area contributed by atoms with E-state index in [-0.39, 0.29) is 11.7 Å². The van der Waals surface area contributed by atoms with Crippen molar-refractivity contribution in [1.29, 1.82) is 0 Å². The van der Waals surface area contributed by atoms with Crippen molar-refractivity contribution >= 4 is 34.7 Å². The van der Waals surface area contributed by atoms with Gasteiger partial charge in [-0.1, -0.05) is 61.0 Å². The molecular formula is C19H17ClOS. The average molecular weight is 329 g/mol. The maximum atomic E-state index is 12.6. The van der Waals surface area contributed by atoms with Crippen molar-refractivity contribution in [2.24, 2.45) is 0 Å². The van der Waals surface area contributed by atoms with Crippen LogP contribution in [0.4, 0.5) is 0 Å².